The first-order valence-corrected chi connectivity index (χ1v) is 8.72. The summed E-state index contributed by atoms with van der Waals surface area (Å²) in [5.74, 6) is 0. The van der Waals surface area contributed by atoms with Crippen molar-refractivity contribution >= 4 is 33.8 Å². The molecule has 0 aromatic heterocycles. The summed E-state index contributed by atoms with van der Waals surface area (Å²) < 4.78 is 24.2. The van der Waals surface area contributed by atoms with Crippen LogP contribution >= 0.6 is 12.4 Å². The Balaban J connectivity index is 0.00000400. The van der Waals surface area contributed by atoms with Crippen LogP contribution in [0.1, 0.15) is 25.0 Å². The first kappa shape index (κ1) is 20.0. The smallest absolute Gasteiger partial charge is 0.294 e. The van der Waals surface area contributed by atoms with E-state index in [4.69, 9.17) is 11.5 Å². The van der Waals surface area contributed by atoms with Crippen LogP contribution in [0.5, 0.6) is 0 Å². The van der Waals surface area contributed by atoms with Crippen molar-refractivity contribution in [3.05, 3.63) is 23.3 Å². The van der Waals surface area contributed by atoms with Crippen molar-refractivity contribution in [3.8, 4) is 0 Å². The van der Waals surface area contributed by atoms with Crippen molar-refractivity contribution in [1.82, 2.24) is 0 Å². The normalized spacial score (nSPS) is 12.0. The molecule has 0 unspecified atom stereocenters. The molecule has 7 heteroatoms. The number of hydrogen-bond acceptors (Lipinski definition) is 4. The first-order valence-electron chi connectivity index (χ1n) is 6.87. The number of sulfonamides is 1. The average Bonchev–Trinajstić information content (AvgIpc) is 2.36. The molecule has 0 heterocycles. The third-order valence-electron chi connectivity index (χ3n) is 4.14. The predicted octanol–water partition coefficient (Wildman–Crippen LogP) is 1.94. The van der Waals surface area contributed by atoms with Crippen molar-refractivity contribution in [2.24, 2.45) is 0 Å². The van der Waals surface area contributed by atoms with Crippen LogP contribution in [0.2, 0.25) is 0 Å². The zero-order valence-corrected chi connectivity index (χ0v) is 14.9. The van der Waals surface area contributed by atoms with Crippen LogP contribution in [-0.2, 0) is 16.4 Å². The Morgan fingerprint density at radius 3 is 2.05 bits per heavy atom. The highest BCUT2D eigenvalue weighted by Crippen LogP contribution is 2.23. The molecular formula is C14H27ClN3O2S+. The largest absolute Gasteiger partial charge is 0.397 e. The SMILES string of the molecule is CC[N+](CC)(CCc1cc(C)c(N)c(N)c1)S(C)(=O)=O.Cl. The second kappa shape index (κ2) is 7.33. The second-order valence-corrected chi connectivity index (χ2v) is 7.55. The Morgan fingerprint density at radius 1 is 1.14 bits per heavy atom. The number of rotatable bonds is 6. The van der Waals surface area contributed by atoms with E-state index in [0.717, 1.165) is 11.1 Å². The van der Waals surface area contributed by atoms with E-state index in [1.165, 1.54) is 6.26 Å². The van der Waals surface area contributed by atoms with E-state index in [2.05, 4.69) is 0 Å². The summed E-state index contributed by atoms with van der Waals surface area (Å²) in [6.45, 7) is 7.42. The first-order chi connectivity index (χ1) is 9.16. The fourth-order valence-electron chi connectivity index (χ4n) is 2.55. The highest BCUT2D eigenvalue weighted by Gasteiger charge is 2.34. The Kier molecular flexibility index (Phi) is 6.99. The number of nitrogens with two attached hydrogens (primary N) is 2. The zero-order valence-electron chi connectivity index (χ0n) is 13.2. The topological polar surface area (TPSA) is 86.2 Å². The van der Waals surface area contributed by atoms with Gasteiger partial charge in [0.1, 0.15) is 0 Å². The van der Waals surface area contributed by atoms with Crippen LogP contribution in [0.15, 0.2) is 12.1 Å². The van der Waals surface area contributed by atoms with Crippen molar-refractivity contribution in [2.75, 3.05) is 37.4 Å². The fourth-order valence-corrected chi connectivity index (χ4v) is 3.92. The maximum absolute atomic E-state index is 12.1. The van der Waals surface area contributed by atoms with E-state index in [1.54, 1.807) is 0 Å². The Bertz CT molecular complexity index is 561. The van der Waals surface area contributed by atoms with Gasteiger partial charge < -0.3 is 11.5 Å². The zero-order chi connectivity index (χ0) is 15.6. The van der Waals surface area contributed by atoms with Crippen LogP contribution in [0.4, 0.5) is 11.4 Å². The molecule has 0 aliphatic heterocycles. The summed E-state index contributed by atoms with van der Waals surface area (Å²) in [4.78, 5) is 0. The van der Waals surface area contributed by atoms with Crippen molar-refractivity contribution < 1.29 is 12.3 Å². The minimum absolute atomic E-state index is 0. The molecule has 0 fully saturated rings. The number of hydrogen-bond donors (Lipinski definition) is 2. The number of halogens is 1. The molecule has 122 valence electrons. The standard InChI is InChI=1S/C14H26N3O2S.ClH/c1-5-17(6-2,20(4,18)19)8-7-12-9-11(3)14(16)13(15)10-12;/h9-10H,5-8,15-16H2,1-4H3;1H/q+1;. The maximum Gasteiger partial charge on any atom is 0.294 e. The van der Waals surface area contributed by atoms with Crippen molar-refractivity contribution in [3.63, 3.8) is 0 Å². The number of likely N-dealkylation sites (N-methyl/N-ethyl adjacent to an activating group) is 1. The minimum atomic E-state index is -3.14. The monoisotopic (exact) mass is 336 g/mol. The van der Waals surface area contributed by atoms with Gasteiger partial charge in [-0.15, -0.1) is 12.4 Å². The molecule has 0 spiro atoms. The molecule has 0 amide bonds. The van der Waals surface area contributed by atoms with Gasteiger partial charge in [0.2, 0.25) is 0 Å². The summed E-state index contributed by atoms with van der Waals surface area (Å²) in [6, 6.07) is 3.82. The van der Waals surface area contributed by atoms with Gasteiger partial charge in [0, 0.05) is 6.42 Å². The molecule has 1 rings (SSSR count). The summed E-state index contributed by atoms with van der Waals surface area (Å²) >= 11 is 0. The van der Waals surface area contributed by atoms with Gasteiger partial charge in [-0.2, -0.15) is 8.42 Å². The summed E-state index contributed by atoms with van der Waals surface area (Å²) in [7, 11) is -3.14. The lowest BCUT2D eigenvalue weighted by Crippen LogP contribution is -2.52. The fraction of sp³-hybridized carbons (Fsp3) is 0.571. The van der Waals surface area contributed by atoms with Crippen LogP contribution < -0.4 is 11.5 Å². The van der Waals surface area contributed by atoms with Gasteiger partial charge in [-0.05, 0) is 38.0 Å². The molecule has 0 radical (unpaired) electrons. The van der Waals surface area contributed by atoms with Gasteiger partial charge in [-0.3, -0.25) is 0 Å². The van der Waals surface area contributed by atoms with Crippen LogP contribution in [0.25, 0.3) is 0 Å². The number of nitrogens with zero attached hydrogens (tertiary/aromatic N) is 1. The maximum atomic E-state index is 12.1. The van der Waals surface area contributed by atoms with Crippen LogP contribution in [0.3, 0.4) is 0 Å². The van der Waals surface area contributed by atoms with Gasteiger partial charge in [0.15, 0.2) is 0 Å². The predicted molar refractivity (Wildman–Crippen MR) is 92.0 cm³/mol. The molecule has 0 saturated heterocycles. The molecule has 0 aliphatic carbocycles. The third kappa shape index (κ3) is 4.25. The molecule has 0 saturated carbocycles. The Morgan fingerprint density at radius 2 is 1.67 bits per heavy atom. The lowest BCUT2D eigenvalue weighted by atomic mass is 10.1. The molecule has 1 aromatic rings. The molecule has 1 aromatic carbocycles. The number of quaternary nitrogens is 1. The third-order valence-corrected chi connectivity index (χ3v) is 6.25. The van der Waals surface area contributed by atoms with E-state index in [1.807, 2.05) is 32.9 Å². The Hall–Kier alpha value is -0.980. The minimum Gasteiger partial charge on any atom is -0.397 e. The van der Waals surface area contributed by atoms with E-state index < -0.39 is 10.0 Å². The molecule has 21 heavy (non-hydrogen) atoms. The van der Waals surface area contributed by atoms with Gasteiger partial charge >= 0.3 is 0 Å². The van der Waals surface area contributed by atoms with E-state index in [9.17, 15) is 8.42 Å². The number of anilines is 2. The highest BCUT2D eigenvalue weighted by atomic mass is 35.5. The van der Waals surface area contributed by atoms with Gasteiger partial charge in [-0.1, -0.05) is 6.07 Å². The van der Waals surface area contributed by atoms with E-state index in [0.29, 0.717) is 37.4 Å². The summed E-state index contributed by atoms with van der Waals surface area (Å²) in [5.41, 5.74) is 14.8. The number of aryl methyl sites for hydroxylation is 1. The lowest BCUT2D eigenvalue weighted by Gasteiger charge is -2.33. The van der Waals surface area contributed by atoms with Gasteiger partial charge in [0.25, 0.3) is 10.0 Å². The van der Waals surface area contributed by atoms with E-state index in [-0.39, 0.29) is 16.3 Å². The van der Waals surface area contributed by atoms with Crippen LogP contribution in [0, 0.1) is 6.92 Å². The molecule has 0 aliphatic rings. The molecule has 5 nitrogen and oxygen atoms in total. The van der Waals surface area contributed by atoms with Crippen LogP contribution in [-0.4, -0.2) is 38.2 Å². The molecule has 4 N–H and O–H groups in total. The number of nitrogen functional groups attached to an aromatic ring is 2. The quantitative estimate of drug-likeness (QED) is 0.614. The molecular weight excluding hydrogens is 310 g/mol. The van der Waals surface area contributed by atoms with E-state index >= 15 is 0 Å². The second-order valence-electron chi connectivity index (χ2n) is 5.31. The molecule has 0 atom stereocenters. The van der Waals surface area contributed by atoms with Gasteiger partial charge in [-0.25, -0.2) is 3.89 Å². The Labute approximate surface area is 134 Å². The molecule has 0 bridgehead atoms. The number of benzene rings is 1. The average molecular weight is 337 g/mol. The lowest BCUT2D eigenvalue weighted by molar-refractivity contribution is -0.801. The van der Waals surface area contributed by atoms with Gasteiger partial charge in [0.05, 0.1) is 37.3 Å². The summed E-state index contributed by atoms with van der Waals surface area (Å²) in [5, 5.41) is 0. The van der Waals surface area contributed by atoms with Crippen molar-refractivity contribution in [1.29, 1.82) is 0 Å². The van der Waals surface area contributed by atoms with Crippen molar-refractivity contribution in [2.45, 2.75) is 27.2 Å². The summed E-state index contributed by atoms with van der Waals surface area (Å²) in [6.07, 6.45) is 1.97. The highest BCUT2D eigenvalue weighted by molar-refractivity contribution is 7.85.